The Balaban J connectivity index is 1.62. The second kappa shape index (κ2) is 6.47. The Morgan fingerprint density at radius 2 is 1.96 bits per heavy atom. The van der Waals surface area contributed by atoms with Gasteiger partial charge in [0, 0.05) is 24.3 Å². The summed E-state index contributed by atoms with van der Waals surface area (Å²) in [7, 11) is 0. The third kappa shape index (κ3) is 2.91. The molecular formula is C19H18N4O2. The molecule has 0 radical (unpaired) electrons. The van der Waals surface area contributed by atoms with Gasteiger partial charge in [0.05, 0.1) is 17.8 Å². The molecule has 2 aromatic heterocycles. The molecule has 1 aromatic carbocycles. The maximum atomic E-state index is 12.9. The van der Waals surface area contributed by atoms with E-state index in [-0.39, 0.29) is 23.9 Å². The molecule has 0 spiro atoms. The van der Waals surface area contributed by atoms with Gasteiger partial charge in [0.2, 0.25) is 11.3 Å². The number of hydrogen-bond acceptors (Lipinski definition) is 4. The summed E-state index contributed by atoms with van der Waals surface area (Å²) in [5, 5.41) is 4.74. The van der Waals surface area contributed by atoms with Crippen molar-refractivity contribution in [2.24, 2.45) is 0 Å². The van der Waals surface area contributed by atoms with Crippen LogP contribution in [0.3, 0.4) is 0 Å². The smallest absolute Gasteiger partial charge is 0.244 e. The molecule has 1 amide bonds. The summed E-state index contributed by atoms with van der Waals surface area (Å²) in [5.41, 5.74) is 1.66. The van der Waals surface area contributed by atoms with Crippen LogP contribution in [0.25, 0.3) is 10.9 Å². The average Bonchev–Trinajstić information content (AvgIpc) is 3.15. The highest BCUT2D eigenvalue weighted by Crippen LogP contribution is 2.31. The number of pyridine rings is 1. The molecule has 4 rings (SSSR count). The Hall–Kier alpha value is -3.02. The summed E-state index contributed by atoms with van der Waals surface area (Å²) in [6, 6.07) is 11.3. The molecule has 3 heterocycles. The average molecular weight is 334 g/mol. The van der Waals surface area contributed by atoms with Gasteiger partial charge in [-0.25, -0.2) is 0 Å². The maximum absolute atomic E-state index is 12.9. The Kier molecular flexibility index (Phi) is 4.01. The lowest BCUT2D eigenvalue weighted by Gasteiger charge is -2.25. The molecule has 0 aliphatic carbocycles. The van der Waals surface area contributed by atoms with Gasteiger partial charge in [-0.2, -0.15) is 5.10 Å². The van der Waals surface area contributed by atoms with Gasteiger partial charge in [0.15, 0.2) is 0 Å². The lowest BCUT2D eigenvalue weighted by atomic mass is 10.1. The van der Waals surface area contributed by atoms with Crippen molar-refractivity contribution in [3.8, 4) is 0 Å². The van der Waals surface area contributed by atoms with Crippen molar-refractivity contribution in [2.75, 3.05) is 6.54 Å². The Labute approximate surface area is 144 Å². The second-order valence-corrected chi connectivity index (χ2v) is 6.21. The summed E-state index contributed by atoms with van der Waals surface area (Å²) >= 11 is 0. The fraction of sp³-hybridized carbons (Fsp3) is 0.263. The van der Waals surface area contributed by atoms with Crippen molar-refractivity contribution in [3.05, 3.63) is 70.8 Å². The number of aromatic nitrogens is 3. The van der Waals surface area contributed by atoms with Crippen LogP contribution in [0, 0.1) is 0 Å². The van der Waals surface area contributed by atoms with Crippen molar-refractivity contribution < 1.29 is 4.79 Å². The zero-order valence-corrected chi connectivity index (χ0v) is 13.7. The van der Waals surface area contributed by atoms with E-state index < -0.39 is 0 Å². The Bertz CT molecular complexity index is 968. The number of amides is 1. The molecule has 1 atom stereocenters. The van der Waals surface area contributed by atoms with Crippen molar-refractivity contribution in [1.82, 2.24) is 19.7 Å². The van der Waals surface area contributed by atoms with E-state index in [0.29, 0.717) is 10.9 Å². The van der Waals surface area contributed by atoms with Crippen molar-refractivity contribution in [3.63, 3.8) is 0 Å². The molecular weight excluding hydrogens is 316 g/mol. The predicted molar refractivity (Wildman–Crippen MR) is 93.9 cm³/mol. The highest BCUT2D eigenvalue weighted by Gasteiger charge is 2.30. The van der Waals surface area contributed by atoms with Crippen LogP contribution in [0.2, 0.25) is 0 Å². The standard InChI is InChI=1S/C19H18N4O2/c24-18-12-21-23(17-5-2-1-4-15(17)18)13-19(25)22-11-3-6-16(22)14-7-9-20-10-8-14/h1-2,4-5,7-10,12,16H,3,6,11,13H2. The molecule has 25 heavy (non-hydrogen) atoms. The van der Waals surface area contributed by atoms with E-state index in [1.165, 1.54) is 6.20 Å². The minimum absolute atomic E-state index is 0.0145. The van der Waals surface area contributed by atoms with Crippen LogP contribution in [-0.4, -0.2) is 32.1 Å². The van der Waals surface area contributed by atoms with Crippen molar-refractivity contribution in [1.29, 1.82) is 0 Å². The van der Waals surface area contributed by atoms with Crippen LogP contribution in [0.5, 0.6) is 0 Å². The summed E-state index contributed by atoms with van der Waals surface area (Å²) in [4.78, 5) is 30.8. The predicted octanol–water partition coefficient (Wildman–Crippen LogP) is 2.16. The van der Waals surface area contributed by atoms with E-state index in [4.69, 9.17) is 0 Å². The molecule has 1 saturated heterocycles. The second-order valence-electron chi connectivity index (χ2n) is 6.21. The zero-order chi connectivity index (χ0) is 17.2. The van der Waals surface area contributed by atoms with E-state index in [2.05, 4.69) is 10.1 Å². The number of carbonyl (C=O) groups is 1. The number of nitrogens with zero attached hydrogens (tertiary/aromatic N) is 4. The van der Waals surface area contributed by atoms with Crippen LogP contribution in [0.1, 0.15) is 24.4 Å². The van der Waals surface area contributed by atoms with E-state index in [9.17, 15) is 9.59 Å². The zero-order valence-electron chi connectivity index (χ0n) is 13.7. The fourth-order valence-corrected chi connectivity index (χ4v) is 3.50. The first-order valence-electron chi connectivity index (χ1n) is 8.38. The Morgan fingerprint density at radius 1 is 1.16 bits per heavy atom. The normalized spacial score (nSPS) is 17.1. The largest absolute Gasteiger partial charge is 0.334 e. The molecule has 1 aliphatic rings. The summed E-state index contributed by atoms with van der Waals surface area (Å²) < 4.78 is 1.61. The highest BCUT2D eigenvalue weighted by atomic mass is 16.2. The van der Waals surface area contributed by atoms with E-state index in [0.717, 1.165) is 24.9 Å². The molecule has 0 N–H and O–H groups in total. The molecule has 0 saturated carbocycles. The summed E-state index contributed by atoms with van der Waals surface area (Å²) in [6.45, 7) is 0.867. The molecule has 1 aliphatic heterocycles. The van der Waals surface area contributed by atoms with Crippen LogP contribution in [0.4, 0.5) is 0 Å². The number of likely N-dealkylation sites (tertiary alicyclic amines) is 1. The lowest BCUT2D eigenvalue weighted by molar-refractivity contribution is -0.132. The van der Waals surface area contributed by atoms with Gasteiger partial charge in [-0.1, -0.05) is 12.1 Å². The molecule has 6 heteroatoms. The van der Waals surface area contributed by atoms with Gasteiger partial charge in [-0.15, -0.1) is 0 Å². The first-order valence-corrected chi connectivity index (χ1v) is 8.38. The lowest BCUT2D eigenvalue weighted by Crippen LogP contribution is -2.34. The summed E-state index contributed by atoms with van der Waals surface area (Å²) in [5.74, 6) is 0.0145. The highest BCUT2D eigenvalue weighted by molar-refractivity contribution is 5.82. The third-order valence-corrected chi connectivity index (χ3v) is 4.71. The monoisotopic (exact) mass is 334 g/mol. The maximum Gasteiger partial charge on any atom is 0.244 e. The number of hydrogen-bond donors (Lipinski definition) is 0. The van der Waals surface area contributed by atoms with Crippen LogP contribution >= 0.6 is 0 Å². The van der Waals surface area contributed by atoms with Crippen molar-refractivity contribution >= 4 is 16.8 Å². The van der Waals surface area contributed by atoms with Gasteiger partial charge < -0.3 is 4.90 Å². The van der Waals surface area contributed by atoms with E-state index in [1.54, 1.807) is 23.1 Å². The van der Waals surface area contributed by atoms with Gasteiger partial charge >= 0.3 is 0 Å². The Morgan fingerprint density at radius 3 is 2.80 bits per heavy atom. The molecule has 126 valence electrons. The topological polar surface area (TPSA) is 68.1 Å². The molecule has 6 nitrogen and oxygen atoms in total. The van der Waals surface area contributed by atoms with E-state index in [1.807, 2.05) is 35.2 Å². The number of carbonyl (C=O) groups excluding carboxylic acids is 1. The van der Waals surface area contributed by atoms with Gasteiger partial charge in [-0.05, 0) is 42.7 Å². The first kappa shape index (κ1) is 15.5. The number of benzene rings is 1. The minimum Gasteiger partial charge on any atom is -0.334 e. The molecule has 3 aromatic rings. The first-order chi connectivity index (χ1) is 12.2. The molecule has 0 bridgehead atoms. The SMILES string of the molecule is O=C(Cn1ncc(=O)c2ccccc21)N1CCCC1c1ccncc1. The van der Waals surface area contributed by atoms with Gasteiger partial charge in [-0.3, -0.25) is 19.3 Å². The molecule has 1 fully saturated rings. The van der Waals surface area contributed by atoms with Crippen LogP contribution in [-0.2, 0) is 11.3 Å². The number of rotatable bonds is 3. The fourth-order valence-electron chi connectivity index (χ4n) is 3.50. The van der Waals surface area contributed by atoms with Crippen LogP contribution in [0.15, 0.2) is 59.8 Å². The van der Waals surface area contributed by atoms with Crippen molar-refractivity contribution in [2.45, 2.75) is 25.4 Å². The number of fused-ring (bicyclic) bond motifs is 1. The van der Waals surface area contributed by atoms with Gasteiger partial charge in [0.25, 0.3) is 0 Å². The van der Waals surface area contributed by atoms with Gasteiger partial charge in [0.1, 0.15) is 6.54 Å². The third-order valence-electron chi connectivity index (χ3n) is 4.71. The molecule has 1 unspecified atom stereocenters. The quantitative estimate of drug-likeness (QED) is 0.736. The summed E-state index contributed by atoms with van der Waals surface area (Å²) in [6.07, 6.45) is 6.73. The minimum atomic E-state index is -0.130. The number of para-hydroxylation sites is 1. The van der Waals surface area contributed by atoms with Crippen LogP contribution < -0.4 is 5.43 Å². The van der Waals surface area contributed by atoms with E-state index >= 15 is 0 Å².